The maximum atomic E-state index is 6.18. The first-order chi connectivity index (χ1) is 8.16. The minimum Gasteiger partial charge on any atom is -0.382 e. The minimum absolute atomic E-state index is 0.628. The minimum atomic E-state index is 0.628. The van der Waals surface area contributed by atoms with Crippen LogP contribution in [-0.4, -0.2) is 31.1 Å². The summed E-state index contributed by atoms with van der Waals surface area (Å²) in [4.78, 5) is 2.43. The Morgan fingerprint density at radius 1 is 1.47 bits per heavy atom. The second-order valence-electron chi connectivity index (χ2n) is 4.64. The van der Waals surface area contributed by atoms with Gasteiger partial charge in [-0.15, -0.1) is 0 Å². The third kappa shape index (κ3) is 3.60. The molecule has 2 rings (SSSR count). The van der Waals surface area contributed by atoms with E-state index in [1.165, 1.54) is 25.8 Å². The number of rotatable bonds is 3. The first kappa shape index (κ1) is 13.2. The van der Waals surface area contributed by atoms with Crippen molar-refractivity contribution in [2.45, 2.75) is 25.3 Å². The third-order valence-corrected chi connectivity index (χ3v) is 4.19. The molecule has 94 valence electrons. The van der Waals surface area contributed by atoms with Crippen LogP contribution >= 0.6 is 27.5 Å². The molecular weight excluding hydrogens is 300 g/mol. The van der Waals surface area contributed by atoms with E-state index in [9.17, 15) is 0 Å². The Bertz CT molecular complexity index is 384. The van der Waals surface area contributed by atoms with Gasteiger partial charge in [-0.2, -0.15) is 0 Å². The molecule has 0 aromatic heterocycles. The molecule has 4 heteroatoms. The molecular formula is C13H18BrClN2. The molecule has 0 aliphatic carbocycles. The number of likely N-dealkylation sites (tertiary alicyclic amines) is 1. The molecule has 1 atom stereocenters. The Morgan fingerprint density at radius 2 is 2.29 bits per heavy atom. The van der Waals surface area contributed by atoms with E-state index in [1.807, 2.05) is 18.2 Å². The summed E-state index contributed by atoms with van der Waals surface area (Å²) in [5, 5.41) is 4.22. The van der Waals surface area contributed by atoms with Crippen LogP contribution in [0.5, 0.6) is 0 Å². The zero-order valence-corrected chi connectivity index (χ0v) is 12.4. The van der Waals surface area contributed by atoms with Gasteiger partial charge in [0.25, 0.3) is 0 Å². The third-order valence-electron chi connectivity index (χ3n) is 3.38. The van der Waals surface area contributed by atoms with Crippen LogP contribution in [0.4, 0.5) is 5.69 Å². The molecule has 0 saturated carbocycles. The van der Waals surface area contributed by atoms with Gasteiger partial charge in [-0.3, -0.25) is 0 Å². The topological polar surface area (TPSA) is 15.3 Å². The fraction of sp³-hybridized carbons (Fsp3) is 0.538. The van der Waals surface area contributed by atoms with Gasteiger partial charge in [0.15, 0.2) is 0 Å². The highest BCUT2D eigenvalue weighted by Crippen LogP contribution is 2.26. The van der Waals surface area contributed by atoms with E-state index < -0.39 is 0 Å². The standard InChI is InChI=1S/C13H18BrClN2/c1-17-7-3-2-4-11(17)9-16-13-6-5-10(14)8-12(13)15/h5-6,8,11,16H,2-4,7,9H2,1H3. The van der Waals surface area contributed by atoms with Gasteiger partial charge in [-0.1, -0.05) is 34.0 Å². The normalized spacial score (nSPS) is 21.5. The first-order valence-electron chi connectivity index (χ1n) is 6.06. The number of anilines is 1. The lowest BCUT2D eigenvalue weighted by Gasteiger charge is -2.32. The number of benzene rings is 1. The van der Waals surface area contributed by atoms with Gasteiger partial charge in [0, 0.05) is 17.1 Å². The van der Waals surface area contributed by atoms with Gasteiger partial charge in [0.2, 0.25) is 0 Å². The second kappa shape index (κ2) is 6.07. The van der Waals surface area contributed by atoms with E-state index in [-0.39, 0.29) is 0 Å². The quantitative estimate of drug-likeness (QED) is 0.906. The molecule has 1 fully saturated rings. The number of halogens is 2. The van der Waals surface area contributed by atoms with Crippen molar-refractivity contribution < 1.29 is 0 Å². The molecule has 17 heavy (non-hydrogen) atoms. The van der Waals surface area contributed by atoms with Crippen LogP contribution in [0.3, 0.4) is 0 Å². The van der Waals surface area contributed by atoms with Gasteiger partial charge < -0.3 is 10.2 Å². The molecule has 1 heterocycles. The lowest BCUT2D eigenvalue weighted by Crippen LogP contribution is -2.40. The van der Waals surface area contributed by atoms with E-state index in [1.54, 1.807) is 0 Å². The SMILES string of the molecule is CN1CCCCC1CNc1ccc(Br)cc1Cl. The van der Waals surface area contributed by atoms with E-state index >= 15 is 0 Å². The average Bonchev–Trinajstić information content (AvgIpc) is 2.30. The van der Waals surface area contributed by atoms with Gasteiger partial charge in [-0.05, 0) is 44.6 Å². The molecule has 1 unspecified atom stereocenters. The van der Waals surface area contributed by atoms with Gasteiger partial charge >= 0.3 is 0 Å². The highest BCUT2D eigenvalue weighted by atomic mass is 79.9. The number of likely N-dealkylation sites (N-methyl/N-ethyl adjacent to an activating group) is 1. The summed E-state index contributed by atoms with van der Waals surface area (Å²) in [7, 11) is 2.20. The number of nitrogens with one attached hydrogen (secondary N) is 1. The summed E-state index contributed by atoms with van der Waals surface area (Å²) in [6, 6.07) is 6.59. The molecule has 0 amide bonds. The Morgan fingerprint density at radius 3 is 3.00 bits per heavy atom. The lowest BCUT2D eigenvalue weighted by molar-refractivity contribution is 0.194. The molecule has 0 spiro atoms. The maximum Gasteiger partial charge on any atom is 0.0648 e. The highest BCUT2D eigenvalue weighted by molar-refractivity contribution is 9.10. The van der Waals surface area contributed by atoms with Crippen LogP contribution in [0.15, 0.2) is 22.7 Å². The molecule has 1 aromatic carbocycles. The zero-order chi connectivity index (χ0) is 12.3. The Hall–Kier alpha value is -0.250. The smallest absolute Gasteiger partial charge is 0.0648 e. The van der Waals surface area contributed by atoms with Crippen molar-refractivity contribution in [3.05, 3.63) is 27.7 Å². The Kier molecular flexibility index (Phi) is 4.71. The second-order valence-corrected chi connectivity index (χ2v) is 5.96. The zero-order valence-electron chi connectivity index (χ0n) is 10.0. The van der Waals surface area contributed by atoms with Crippen LogP contribution in [0.1, 0.15) is 19.3 Å². The van der Waals surface area contributed by atoms with Crippen molar-refractivity contribution in [3.63, 3.8) is 0 Å². The largest absolute Gasteiger partial charge is 0.382 e. The van der Waals surface area contributed by atoms with Crippen LogP contribution < -0.4 is 5.32 Å². The van der Waals surface area contributed by atoms with Crippen LogP contribution in [-0.2, 0) is 0 Å². The van der Waals surface area contributed by atoms with Crippen molar-refractivity contribution >= 4 is 33.2 Å². The van der Waals surface area contributed by atoms with Crippen LogP contribution in [0.2, 0.25) is 5.02 Å². The van der Waals surface area contributed by atoms with E-state index in [0.717, 1.165) is 21.7 Å². The highest BCUT2D eigenvalue weighted by Gasteiger charge is 2.18. The molecule has 0 radical (unpaired) electrons. The number of nitrogens with zero attached hydrogens (tertiary/aromatic N) is 1. The van der Waals surface area contributed by atoms with Crippen molar-refractivity contribution in [2.24, 2.45) is 0 Å². The van der Waals surface area contributed by atoms with Gasteiger partial charge in [0.05, 0.1) is 10.7 Å². The fourth-order valence-electron chi connectivity index (χ4n) is 2.26. The van der Waals surface area contributed by atoms with Gasteiger partial charge in [-0.25, -0.2) is 0 Å². The summed E-state index contributed by atoms with van der Waals surface area (Å²) in [5.74, 6) is 0. The first-order valence-corrected chi connectivity index (χ1v) is 7.23. The monoisotopic (exact) mass is 316 g/mol. The van der Waals surface area contributed by atoms with E-state index in [4.69, 9.17) is 11.6 Å². The summed E-state index contributed by atoms with van der Waals surface area (Å²) >= 11 is 9.59. The van der Waals surface area contributed by atoms with Crippen LogP contribution in [0, 0.1) is 0 Å². The van der Waals surface area contributed by atoms with Crippen molar-refractivity contribution in [3.8, 4) is 0 Å². The molecule has 1 N–H and O–H groups in total. The molecule has 2 nitrogen and oxygen atoms in total. The average molecular weight is 318 g/mol. The molecule has 0 bridgehead atoms. The van der Waals surface area contributed by atoms with Crippen molar-refractivity contribution in [1.82, 2.24) is 4.90 Å². The molecule has 1 aliphatic heterocycles. The van der Waals surface area contributed by atoms with E-state index in [2.05, 4.69) is 33.2 Å². The van der Waals surface area contributed by atoms with Crippen molar-refractivity contribution in [2.75, 3.05) is 25.5 Å². The fourth-order valence-corrected chi connectivity index (χ4v) is 3.00. The molecule has 1 aliphatic rings. The van der Waals surface area contributed by atoms with Gasteiger partial charge in [0.1, 0.15) is 0 Å². The van der Waals surface area contributed by atoms with E-state index in [0.29, 0.717) is 6.04 Å². The number of hydrogen-bond acceptors (Lipinski definition) is 2. The molecule has 1 aromatic rings. The van der Waals surface area contributed by atoms with Crippen molar-refractivity contribution in [1.29, 1.82) is 0 Å². The predicted octanol–water partition coefficient (Wildman–Crippen LogP) is 4.00. The number of hydrogen-bond donors (Lipinski definition) is 1. The predicted molar refractivity (Wildman–Crippen MR) is 77.9 cm³/mol. The lowest BCUT2D eigenvalue weighted by atomic mass is 10.0. The number of piperidine rings is 1. The Labute approximate surface area is 116 Å². The van der Waals surface area contributed by atoms with Crippen LogP contribution in [0.25, 0.3) is 0 Å². The summed E-state index contributed by atoms with van der Waals surface area (Å²) < 4.78 is 1.02. The molecule has 1 saturated heterocycles. The maximum absolute atomic E-state index is 6.18. The summed E-state index contributed by atoms with van der Waals surface area (Å²) in [5.41, 5.74) is 1.02. The summed E-state index contributed by atoms with van der Waals surface area (Å²) in [6.45, 7) is 2.18. The summed E-state index contributed by atoms with van der Waals surface area (Å²) in [6.07, 6.45) is 3.94. The Balaban J connectivity index is 1.92.